The highest BCUT2D eigenvalue weighted by atomic mass is 19.4. The standard InChI is InChI=1S/C30H23F10NO5/c1-13(41-14(2)26(46-27(41)43)16-7-18(29(35,36)37)9-19(8-16)30(38,39)40)21-10-17(28(32,33)34)5-6-20(21)22-11-25(45-15(3)42)23(31)12-24(22)44-4/h5-14,26H,1-4H3/t13-,14-,26-/m0/s1. The first-order valence-corrected chi connectivity index (χ1v) is 13.2. The summed E-state index contributed by atoms with van der Waals surface area (Å²) in [5.74, 6) is -2.77. The van der Waals surface area contributed by atoms with E-state index in [1.54, 1.807) is 0 Å². The van der Waals surface area contributed by atoms with Gasteiger partial charge < -0.3 is 14.2 Å². The van der Waals surface area contributed by atoms with Crippen molar-refractivity contribution in [2.75, 3.05) is 7.11 Å². The normalized spacial score (nSPS) is 18.0. The summed E-state index contributed by atoms with van der Waals surface area (Å²) >= 11 is 0. The molecule has 3 aromatic rings. The number of rotatable bonds is 6. The lowest BCUT2D eigenvalue weighted by molar-refractivity contribution is -0.143. The van der Waals surface area contributed by atoms with E-state index in [0.29, 0.717) is 24.3 Å². The number of halogens is 10. The van der Waals surface area contributed by atoms with E-state index >= 15 is 0 Å². The molecule has 6 nitrogen and oxygen atoms in total. The highest BCUT2D eigenvalue weighted by Gasteiger charge is 2.46. The zero-order valence-corrected chi connectivity index (χ0v) is 24.1. The van der Waals surface area contributed by atoms with Gasteiger partial charge in [-0.15, -0.1) is 0 Å². The minimum absolute atomic E-state index is 0.0624. The summed E-state index contributed by atoms with van der Waals surface area (Å²) in [4.78, 5) is 25.5. The van der Waals surface area contributed by atoms with Crippen molar-refractivity contribution in [2.45, 2.75) is 57.5 Å². The Morgan fingerprint density at radius 3 is 1.89 bits per heavy atom. The SMILES string of the molecule is COc1cc(F)c(OC(C)=O)cc1-c1ccc(C(F)(F)F)cc1[C@H](C)N1C(=O)O[C@H](c2cc(C(F)(F)F)cc(C(F)(F)F)c2)[C@@H]1C. The maximum Gasteiger partial charge on any atom is 0.416 e. The molecule has 4 rings (SSSR count). The van der Waals surface area contributed by atoms with Crippen LogP contribution in [-0.4, -0.2) is 30.1 Å². The summed E-state index contributed by atoms with van der Waals surface area (Å²) in [5.41, 5.74) is -5.50. The van der Waals surface area contributed by atoms with Gasteiger partial charge in [0.25, 0.3) is 0 Å². The fraction of sp³-hybridized carbons (Fsp3) is 0.333. The number of hydrogen-bond donors (Lipinski definition) is 0. The summed E-state index contributed by atoms with van der Waals surface area (Å²) < 4.78 is 152. The first-order valence-electron chi connectivity index (χ1n) is 13.2. The summed E-state index contributed by atoms with van der Waals surface area (Å²) in [6.07, 6.45) is -18.2. The Bertz CT molecular complexity index is 1630. The van der Waals surface area contributed by atoms with Crippen LogP contribution in [0.3, 0.4) is 0 Å². The summed E-state index contributed by atoms with van der Waals surface area (Å²) in [6, 6.07) is 2.18. The Hall–Kier alpha value is -4.50. The highest BCUT2D eigenvalue weighted by Crippen LogP contribution is 2.46. The molecule has 1 amide bonds. The molecule has 1 fully saturated rings. The summed E-state index contributed by atoms with van der Waals surface area (Å²) in [7, 11) is 1.13. The summed E-state index contributed by atoms with van der Waals surface area (Å²) in [5, 5.41) is 0. The number of nitrogens with zero attached hydrogens (tertiary/aromatic N) is 1. The number of carbonyl (C=O) groups is 2. The first-order chi connectivity index (χ1) is 21.1. The van der Waals surface area contributed by atoms with E-state index in [2.05, 4.69) is 0 Å². The van der Waals surface area contributed by atoms with Crippen molar-refractivity contribution < 1.29 is 67.7 Å². The van der Waals surface area contributed by atoms with Crippen molar-refractivity contribution in [1.29, 1.82) is 0 Å². The Balaban J connectivity index is 1.86. The maximum atomic E-state index is 14.6. The van der Waals surface area contributed by atoms with Crippen molar-refractivity contribution >= 4 is 12.1 Å². The van der Waals surface area contributed by atoms with E-state index in [0.717, 1.165) is 37.1 Å². The highest BCUT2D eigenvalue weighted by molar-refractivity contribution is 5.79. The van der Waals surface area contributed by atoms with Crippen molar-refractivity contribution in [3.63, 3.8) is 0 Å². The molecule has 0 radical (unpaired) electrons. The number of hydrogen-bond acceptors (Lipinski definition) is 5. The molecule has 248 valence electrons. The van der Waals surface area contributed by atoms with Crippen molar-refractivity contribution in [3.05, 3.63) is 82.2 Å². The van der Waals surface area contributed by atoms with E-state index in [1.165, 1.54) is 13.8 Å². The Morgan fingerprint density at radius 2 is 1.39 bits per heavy atom. The number of amides is 1. The molecule has 1 aliphatic heterocycles. The lowest BCUT2D eigenvalue weighted by Crippen LogP contribution is -2.35. The molecule has 0 N–H and O–H groups in total. The zero-order chi connectivity index (χ0) is 34.5. The van der Waals surface area contributed by atoms with Crippen LogP contribution in [0, 0.1) is 5.82 Å². The molecule has 16 heteroatoms. The van der Waals surface area contributed by atoms with E-state index < -0.39 is 82.6 Å². The average molecular weight is 667 g/mol. The molecule has 3 aromatic carbocycles. The van der Waals surface area contributed by atoms with Crippen LogP contribution < -0.4 is 9.47 Å². The molecule has 0 spiro atoms. The average Bonchev–Trinajstić information content (AvgIpc) is 3.24. The first kappa shape index (κ1) is 34.4. The molecule has 0 aromatic heterocycles. The van der Waals surface area contributed by atoms with Crippen LogP contribution in [0.15, 0.2) is 48.5 Å². The predicted molar refractivity (Wildman–Crippen MR) is 140 cm³/mol. The van der Waals surface area contributed by atoms with Crippen LogP contribution in [0.1, 0.15) is 60.7 Å². The molecule has 0 unspecified atom stereocenters. The van der Waals surface area contributed by atoms with Gasteiger partial charge in [-0.1, -0.05) is 6.07 Å². The van der Waals surface area contributed by atoms with Gasteiger partial charge in [0.1, 0.15) is 11.9 Å². The predicted octanol–water partition coefficient (Wildman–Crippen LogP) is 9.13. The largest absolute Gasteiger partial charge is 0.496 e. The van der Waals surface area contributed by atoms with Gasteiger partial charge in [-0.25, -0.2) is 9.18 Å². The number of benzene rings is 3. The Morgan fingerprint density at radius 1 is 0.826 bits per heavy atom. The van der Waals surface area contributed by atoms with Crippen LogP contribution in [0.2, 0.25) is 0 Å². The van der Waals surface area contributed by atoms with Gasteiger partial charge in [-0.3, -0.25) is 9.69 Å². The van der Waals surface area contributed by atoms with Gasteiger partial charge in [-0.05, 0) is 66.9 Å². The lowest BCUT2D eigenvalue weighted by Gasteiger charge is -2.30. The molecule has 1 saturated heterocycles. The van der Waals surface area contributed by atoms with Crippen molar-refractivity contribution in [1.82, 2.24) is 4.90 Å². The third kappa shape index (κ3) is 6.84. The molecule has 0 bridgehead atoms. The Labute approximate surface area is 254 Å². The van der Waals surface area contributed by atoms with Crippen LogP contribution >= 0.6 is 0 Å². The zero-order valence-electron chi connectivity index (χ0n) is 24.1. The second-order valence-electron chi connectivity index (χ2n) is 10.3. The van der Waals surface area contributed by atoms with E-state index in [-0.39, 0.29) is 28.5 Å². The smallest absolute Gasteiger partial charge is 0.416 e. The second kappa shape index (κ2) is 12.0. The van der Waals surface area contributed by atoms with Gasteiger partial charge in [0.2, 0.25) is 0 Å². The number of methoxy groups -OCH3 is 1. The molecule has 0 aliphatic carbocycles. The number of alkyl halides is 9. The minimum atomic E-state index is -5.19. The third-order valence-corrected chi connectivity index (χ3v) is 7.30. The molecular formula is C30H23F10NO5. The quantitative estimate of drug-likeness (QED) is 0.149. The van der Waals surface area contributed by atoms with Crippen molar-refractivity contribution in [2.24, 2.45) is 0 Å². The third-order valence-electron chi connectivity index (χ3n) is 7.30. The molecule has 1 aliphatic rings. The lowest BCUT2D eigenvalue weighted by atomic mass is 9.91. The number of cyclic esters (lactones) is 1. The van der Waals surface area contributed by atoms with Gasteiger partial charge in [0.05, 0.1) is 35.9 Å². The van der Waals surface area contributed by atoms with Gasteiger partial charge in [-0.2, -0.15) is 39.5 Å². The molecular weight excluding hydrogens is 644 g/mol. The van der Waals surface area contributed by atoms with Crippen LogP contribution in [0.4, 0.5) is 48.7 Å². The van der Waals surface area contributed by atoms with E-state index in [1.807, 2.05) is 0 Å². The van der Waals surface area contributed by atoms with Gasteiger partial charge in [0.15, 0.2) is 11.6 Å². The number of esters is 1. The monoisotopic (exact) mass is 667 g/mol. The topological polar surface area (TPSA) is 65.1 Å². The molecule has 3 atom stereocenters. The van der Waals surface area contributed by atoms with Crippen LogP contribution in [0.5, 0.6) is 11.5 Å². The second-order valence-corrected chi connectivity index (χ2v) is 10.3. The summed E-state index contributed by atoms with van der Waals surface area (Å²) in [6.45, 7) is 3.48. The van der Waals surface area contributed by atoms with E-state index in [9.17, 15) is 53.5 Å². The maximum absolute atomic E-state index is 14.6. The molecule has 1 heterocycles. The van der Waals surface area contributed by atoms with Crippen LogP contribution in [0.25, 0.3) is 11.1 Å². The molecule has 0 saturated carbocycles. The fourth-order valence-electron chi connectivity index (χ4n) is 5.21. The molecule has 46 heavy (non-hydrogen) atoms. The van der Waals surface area contributed by atoms with Gasteiger partial charge in [0, 0.05) is 18.6 Å². The fourth-order valence-corrected chi connectivity index (χ4v) is 5.21. The van der Waals surface area contributed by atoms with E-state index in [4.69, 9.17) is 14.2 Å². The van der Waals surface area contributed by atoms with Crippen molar-refractivity contribution in [3.8, 4) is 22.6 Å². The Kier molecular flexibility index (Phi) is 8.98. The number of ether oxygens (including phenoxy) is 3. The van der Waals surface area contributed by atoms with Crippen LogP contribution in [-0.2, 0) is 28.1 Å². The minimum Gasteiger partial charge on any atom is -0.496 e. The van der Waals surface area contributed by atoms with Gasteiger partial charge >= 0.3 is 30.6 Å². The number of carbonyl (C=O) groups excluding carboxylic acids is 2.